The van der Waals surface area contributed by atoms with Gasteiger partial charge in [-0.1, -0.05) is 11.6 Å². The molecule has 1 aromatic heterocycles. The maximum absolute atomic E-state index is 13.5. The van der Waals surface area contributed by atoms with E-state index in [2.05, 4.69) is 5.32 Å². The van der Waals surface area contributed by atoms with Gasteiger partial charge in [0, 0.05) is 24.3 Å². The molecule has 0 spiro atoms. The predicted octanol–water partition coefficient (Wildman–Crippen LogP) is 3.59. The molecule has 0 aliphatic heterocycles. The van der Waals surface area contributed by atoms with Gasteiger partial charge in [0.2, 0.25) is 5.43 Å². The molecule has 3 aromatic rings. The minimum atomic E-state index is -0.604. The number of hydrogen-bond acceptors (Lipinski definition) is 3. The summed E-state index contributed by atoms with van der Waals surface area (Å²) in [6.45, 7) is 0. The second kappa shape index (κ2) is 6.57. The van der Waals surface area contributed by atoms with E-state index in [1.165, 1.54) is 31.5 Å². The number of amides is 1. The van der Waals surface area contributed by atoms with Crippen molar-refractivity contribution in [3.05, 3.63) is 69.2 Å². The number of rotatable bonds is 3. The number of nitrogens with one attached hydrogen (secondary N) is 1. The monoisotopic (exact) mass is 360 g/mol. The lowest BCUT2D eigenvalue weighted by molar-refractivity contribution is 0.102. The molecule has 0 saturated heterocycles. The van der Waals surface area contributed by atoms with E-state index < -0.39 is 17.2 Å². The van der Waals surface area contributed by atoms with E-state index in [4.69, 9.17) is 16.3 Å². The normalized spacial score (nSPS) is 10.7. The van der Waals surface area contributed by atoms with Gasteiger partial charge >= 0.3 is 0 Å². The van der Waals surface area contributed by atoms with Crippen molar-refractivity contribution in [1.82, 2.24) is 4.57 Å². The van der Waals surface area contributed by atoms with E-state index in [0.29, 0.717) is 22.0 Å². The van der Waals surface area contributed by atoms with Crippen LogP contribution in [0.1, 0.15) is 10.4 Å². The summed E-state index contributed by atoms with van der Waals surface area (Å²) < 4.78 is 20.1. The molecule has 0 bridgehead atoms. The van der Waals surface area contributed by atoms with Crippen LogP contribution in [0, 0.1) is 5.82 Å². The second-order valence-electron chi connectivity index (χ2n) is 5.45. The first kappa shape index (κ1) is 17.0. The number of nitrogens with zero attached hydrogens (tertiary/aromatic N) is 1. The molecule has 0 aliphatic rings. The third kappa shape index (κ3) is 3.21. The highest BCUT2D eigenvalue weighted by Crippen LogP contribution is 2.27. The Kier molecular flexibility index (Phi) is 4.46. The van der Waals surface area contributed by atoms with Crippen LogP contribution in [0.2, 0.25) is 5.02 Å². The SMILES string of the molecule is COc1ccc(NC(=O)c2cn(C)c3ccc(F)cc3c2=O)cc1Cl. The quantitative estimate of drug-likeness (QED) is 0.776. The van der Waals surface area contributed by atoms with E-state index in [-0.39, 0.29) is 10.9 Å². The fourth-order valence-corrected chi connectivity index (χ4v) is 2.83. The number of anilines is 1. The zero-order valence-electron chi connectivity index (χ0n) is 13.5. The van der Waals surface area contributed by atoms with Crippen molar-refractivity contribution in [3.8, 4) is 5.75 Å². The molecular weight excluding hydrogens is 347 g/mol. The van der Waals surface area contributed by atoms with Gasteiger partial charge in [-0.15, -0.1) is 0 Å². The standard InChI is InChI=1S/C18H14ClFN2O3/c1-22-9-13(17(23)12-7-10(20)3-5-15(12)22)18(24)21-11-4-6-16(25-2)14(19)8-11/h3-9H,1-2H3,(H,21,24). The maximum Gasteiger partial charge on any atom is 0.261 e. The Morgan fingerprint density at radius 1 is 1.24 bits per heavy atom. The minimum absolute atomic E-state index is 0.0902. The molecule has 1 N–H and O–H groups in total. The highest BCUT2D eigenvalue weighted by atomic mass is 35.5. The molecule has 128 valence electrons. The summed E-state index contributed by atoms with van der Waals surface area (Å²) >= 11 is 6.03. The Bertz CT molecular complexity index is 1050. The van der Waals surface area contributed by atoms with Crippen LogP contribution in [0.5, 0.6) is 5.75 Å². The van der Waals surface area contributed by atoms with Crippen molar-refractivity contribution in [2.45, 2.75) is 0 Å². The number of pyridine rings is 1. The molecule has 2 aromatic carbocycles. The number of aryl methyl sites for hydroxylation is 1. The van der Waals surface area contributed by atoms with Gasteiger partial charge in [0.15, 0.2) is 0 Å². The molecular formula is C18H14ClFN2O3. The average Bonchev–Trinajstić information content (AvgIpc) is 2.58. The van der Waals surface area contributed by atoms with Gasteiger partial charge in [-0.25, -0.2) is 4.39 Å². The largest absolute Gasteiger partial charge is 0.495 e. The zero-order chi connectivity index (χ0) is 18.1. The fourth-order valence-electron chi connectivity index (χ4n) is 2.57. The number of methoxy groups -OCH3 is 1. The van der Waals surface area contributed by atoms with Crippen molar-refractivity contribution in [2.24, 2.45) is 7.05 Å². The molecule has 25 heavy (non-hydrogen) atoms. The zero-order valence-corrected chi connectivity index (χ0v) is 14.2. The number of ether oxygens (including phenoxy) is 1. The predicted molar refractivity (Wildman–Crippen MR) is 95.1 cm³/mol. The Morgan fingerprint density at radius 3 is 2.68 bits per heavy atom. The van der Waals surface area contributed by atoms with Crippen LogP contribution in [-0.2, 0) is 7.05 Å². The molecule has 3 rings (SSSR count). The lowest BCUT2D eigenvalue weighted by Gasteiger charge is -2.11. The van der Waals surface area contributed by atoms with Crippen LogP contribution in [0.25, 0.3) is 10.9 Å². The van der Waals surface area contributed by atoms with E-state index in [0.717, 1.165) is 6.07 Å². The van der Waals surface area contributed by atoms with Gasteiger partial charge in [0.05, 0.1) is 17.6 Å². The molecule has 0 saturated carbocycles. The van der Waals surface area contributed by atoms with E-state index in [9.17, 15) is 14.0 Å². The highest BCUT2D eigenvalue weighted by molar-refractivity contribution is 6.32. The number of benzene rings is 2. The number of aromatic nitrogens is 1. The third-order valence-corrected chi connectivity index (χ3v) is 4.10. The van der Waals surface area contributed by atoms with Crippen molar-refractivity contribution in [3.63, 3.8) is 0 Å². The summed E-state index contributed by atoms with van der Waals surface area (Å²) in [6.07, 6.45) is 1.42. The Hall–Kier alpha value is -2.86. The summed E-state index contributed by atoms with van der Waals surface area (Å²) in [6, 6.07) is 8.61. The van der Waals surface area contributed by atoms with E-state index in [1.807, 2.05) is 0 Å². The lowest BCUT2D eigenvalue weighted by Crippen LogP contribution is -2.23. The first-order valence-corrected chi connectivity index (χ1v) is 7.72. The van der Waals surface area contributed by atoms with Gasteiger partial charge in [-0.3, -0.25) is 9.59 Å². The van der Waals surface area contributed by atoms with E-state index >= 15 is 0 Å². The lowest BCUT2D eigenvalue weighted by atomic mass is 10.1. The number of fused-ring (bicyclic) bond motifs is 1. The number of hydrogen-bond donors (Lipinski definition) is 1. The van der Waals surface area contributed by atoms with Crippen molar-refractivity contribution in [1.29, 1.82) is 0 Å². The van der Waals surface area contributed by atoms with E-state index in [1.54, 1.807) is 23.7 Å². The Balaban J connectivity index is 2.01. The van der Waals surface area contributed by atoms with Crippen molar-refractivity contribution in [2.75, 3.05) is 12.4 Å². The maximum atomic E-state index is 13.5. The third-order valence-electron chi connectivity index (χ3n) is 3.80. The van der Waals surface area contributed by atoms with Gasteiger partial charge in [-0.05, 0) is 36.4 Å². The molecule has 0 atom stereocenters. The fraction of sp³-hybridized carbons (Fsp3) is 0.111. The molecule has 0 radical (unpaired) electrons. The molecule has 7 heteroatoms. The van der Waals surface area contributed by atoms with Gasteiger partial charge < -0.3 is 14.6 Å². The summed E-state index contributed by atoms with van der Waals surface area (Å²) in [5.41, 5.74) is 0.324. The molecule has 0 aliphatic carbocycles. The van der Waals surface area contributed by atoms with Crippen LogP contribution >= 0.6 is 11.6 Å². The summed E-state index contributed by atoms with van der Waals surface area (Å²) in [7, 11) is 3.16. The Labute approximate surface area is 147 Å². The molecule has 1 heterocycles. The molecule has 1 amide bonds. The minimum Gasteiger partial charge on any atom is -0.495 e. The van der Waals surface area contributed by atoms with Crippen LogP contribution in [0.4, 0.5) is 10.1 Å². The van der Waals surface area contributed by atoms with Crippen molar-refractivity contribution >= 4 is 34.1 Å². The van der Waals surface area contributed by atoms with Crippen LogP contribution in [-0.4, -0.2) is 17.6 Å². The molecule has 0 fully saturated rings. The first-order valence-electron chi connectivity index (χ1n) is 7.34. The van der Waals surface area contributed by atoms with Crippen molar-refractivity contribution < 1.29 is 13.9 Å². The number of carbonyl (C=O) groups is 1. The Morgan fingerprint density at radius 2 is 2.00 bits per heavy atom. The first-order chi connectivity index (χ1) is 11.9. The smallest absolute Gasteiger partial charge is 0.261 e. The van der Waals surface area contributed by atoms with Crippen LogP contribution in [0.15, 0.2) is 47.4 Å². The number of carbonyl (C=O) groups excluding carboxylic acids is 1. The topological polar surface area (TPSA) is 60.3 Å². The molecule has 0 unspecified atom stereocenters. The number of halogens is 2. The average molecular weight is 361 g/mol. The highest BCUT2D eigenvalue weighted by Gasteiger charge is 2.16. The summed E-state index contributed by atoms with van der Waals surface area (Å²) in [5, 5.41) is 3.08. The summed E-state index contributed by atoms with van der Waals surface area (Å²) in [5.74, 6) is -0.672. The van der Waals surface area contributed by atoms with Crippen LogP contribution < -0.4 is 15.5 Å². The van der Waals surface area contributed by atoms with Gasteiger partial charge in [0.25, 0.3) is 5.91 Å². The van der Waals surface area contributed by atoms with Gasteiger partial charge in [0.1, 0.15) is 17.1 Å². The molecule has 5 nitrogen and oxygen atoms in total. The summed E-state index contributed by atoms with van der Waals surface area (Å²) in [4.78, 5) is 25.0. The van der Waals surface area contributed by atoms with Gasteiger partial charge in [-0.2, -0.15) is 0 Å². The second-order valence-corrected chi connectivity index (χ2v) is 5.85. The van der Waals surface area contributed by atoms with Crippen LogP contribution in [0.3, 0.4) is 0 Å².